The Kier molecular flexibility index (Phi) is 4.64. The fraction of sp³-hybridized carbons (Fsp3) is 0.333. The predicted octanol–water partition coefficient (Wildman–Crippen LogP) is 2.65. The number of anilines is 1. The number of piperazine rings is 1. The van der Waals surface area contributed by atoms with Gasteiger partial charge in [-0.3, -0.25) is 0 Å². The molecule has 0 aliphatic carbocycles. The van der Waals surface area contributed by atoms with Crippen LogP contribution in [0.15, 0.2) is 42.7 Å². The molecule has 0 atom stereocenters. The molecule has 0 spiro atoms. The SMILES string of the molecule is Cc1cc2c(N3CCN(S(=O)(=O)Cc4ccccc4)CC3)ncnc2s1. The minimum absolute atomic E-state index is 0.0509. The van der Waals surface area contributed by atoms with Crippen LogP contribution in [0.2, 0.25) is 0 Å². The number of benzene rings is 1. The van der Waals surface area contributed by atoms with Crippen LogP contribution in [0.25, 0.3) is 10.2 Å². The quantitative estimate of drug-likeness (QED) is 0.687. The number of hydrogen-bond donors (Lipinski definition) is 0. The second-order valence-corrected chi connectivity index (χ2v) is 9.60. The molecule has 26 heavy (non-hydrogen) atoms. The van der Waals surface area contributed by atoms with Crippen LogP contribution in [0.3, 0.4) is 0 Å². The van der Waals surface area contributed by atoms with Crippen molar-refractivity contribution >= 4 is 37.4 Å². The molecule has 4 rings (SSSR count). The Morgan fingerprint density at radius 1 is 1.08 bits per heavy atom. The first-order chi connectivity index (χ1) is 12.5. The topological polar surface area (TPSA) is 66.4 Å². The Morgan fingerprint density at radius 3 is 2.54 bits per heavy atom. The molecule has 1 aliphatic heterocycles. The number of aryl methyl sites for hydroxylation is 1. The summed E-state index contributed by atoms with van der Waals surface area (Å²) in [6.45, 7) is 4.28. The molecule has 0 amide bonds. The zero-order valence-electron chi connectivity index (χ0n) is 14.5. The minimum atomic E-state index is -3.30. The number of rotatable bonds is 4. The van der Waals surface area contributed by atoms with Crippen LogP contribution in [0.4, 0.5) is 5.82 Å². The van der Waals surface area contributed by atoms with Gasteiger partial charge in [0.2, 0.25) is 10.0 Å². The molecule has 2 aromatic heterocycles. The van der Waals surface area contributed by atoms with E-state index in [0.717, 1.165) is 21.6 Å². The highest BCUT2D eigenvalue weighted by molar-refractivity contribution is 7.88. The third-order valence-corrected chi connectivity index (χ3v) is 7.36. The summed E-state index contributed by atoms with van der Waals surface area (Å²) in [6, 6.07) is 11.4. The Morgan fingerprint density at radius 2 is 1.81 bits per heavy atom. The summed E-state index contributed by atoms with van der Waals surface area (Å²) >= 11 is 1.65. The van der Waals surface area contributed by atoms with Gasteiger partial charge in [-0.25, -0.2) is 18.4 Å². The van der Waals surface area contributed by atoms with E-state index in [0.29, 0.717) is 26.2 Å². The van der Waals surface area contributed by atoms with E-state index in [1.807, 2.05) is 30.3 Å². The average Bonchev–Trinajstić information content (AvgIpc) is 3.02. The highest BCUT2D eigenvalue weighted by atomic mass is 32.2. The van der Waals surface area contributed by atoms with Crippen LogP contribution in [0, 0.1) is 6.92 Å². The molecule has 0 unspecified atom stereocenters. The second-order valence-electron chi connectivity index (χ2n) is 6.40. The number of aromatic nitrogens is 2. The first-order valence-electron chi connectivity index (χ1n) is 8.51. The highest BCUT2D eigenvalue weighted by Gasteiger charge is 2.28. The number of sulfonamides is 1. The molecule has 0 N–H and O–H groups in total. The van der Waals surface area contributed by atoms with E-state index in [2.05, 4.69) is 27.9 Å². The maximum Gasteiger partial charge on any atom is 0.218 e. The molecular formula is C18H20N4O2S2. The molecule has 0 saturated carbocycles. The van der Waals surface area contributed by atoms with Crippen molar-refractivity contribution in [1.82, 2.24) is 14.3 Å². The lowest BCUT2D eigenvalue weighted by Crippen LogP contribution is -2.49. The van der Waals surface area contributed by atoms with Crippen LogP contribution in [0.5, 0.6) is 0 Å². The molecular weight excluding hydrogens is 368 g/mol. The molecule has 0 bridgehead atoms. The molecule has 1 fully saturated rings. The molecule has 3 aromatic rings. The van der Waals surface area contributed by atoms with Gasteiger partial charge < -0.3 is 4.90 Å². The number of hydrogen-bond acceptors (Lipinski definition) is 6. The lowest BCUT2D eigenvalue weighted by Gasteiger charge is -2.34. The summed E-state index contributed by atoms with van der Waals surface area (Å²) < 4.78 is 27.0. The summed E-state index contributed by atoms with van der Waals surface area (Å²) in [5.41, 5.74) is 0.821. The van der Waals surface area contributed by atoms with Crippen LogP contribution < -0.4 is 4.90 Å². The summed E-state index contributed by atoms with van der Waals surface area (Å²) in [7, 11) is -3.30. The van der Waals surface area contributed by atoms with Gasteiger partial charge in [-0.2, -0.15) is 4.31 Å². The summed E-state index contributed by atoms with van der Waals surface area (Å²) in [5, 5.41) is 1.05. The van der Waals surface area contributed by atoms with Gasteiger partial charge in [0.1, 0.15) is 17.0 Å². The molecule has 1 saturated heterocycles. The van der Waals surface area contributed by atoms with Crippen molar-refractivity contribution in [2.24, 2.45) is 0 Å². The Bertz CT molecular complexity index is 1010. The van der Waals surface area contributed by atoms with Crippen LogP contribution >= 0.6 is 11.3 Å². The van der Waals surface area contributed by atoms with Crippen molar-refractivity contribution in [3.8, 4) is 0 Å². The van der Waals surface area contributed by atoms with E-state index in [9.17, 15) is 8.42 Å². The average molecular weight is 389 g/mol. The summed E-state index contributed by atoms with van der Waals surface area (Å²) in [4.78, 5) is 13.1. The van der Waals surface area contributed by atoms with Crippen LogP contribution in [-0.2, 0) is 15.8 Å². The van der Waals surface area contributed by atoms with Gasteiger partial charge in [0.15, 0.2) is 0 Å². The minimum Gasteiger partial charge on any atom is -0.353 e. The summed E-state index contributed by atoms with van der Waals surface area (Å²) in [6.07, 6.45) is 1.59. The van der Waals surface area contributed by atoms with E-state index in [-0.39, 0.29) is 5.75 Å². The van der Waals surface area contributed by atoms with Crippen LogP contribution in [0.1, 0.15) is 10.4 Å². The third kappa shape index (κ3) is 3.44. The van der Waals surface area contributed by atoms with Crippen molar-refractivity contribution in [3.63, 3.8) is 0 Å². The van der Waals surface area contributed by atoms with E-state index >= 15 is 0 Å². The molecule has 8 heteroatoms. The van der Waals surface area contributed by atoms with Gasteiger partial charge in [-0.1, -0.05) is 30.3 Å². The van der Waals surface area contributed by atoms with Gasteiger partial charge in [-0.05, 0) is 18.6 Å². The first-order valence-corrected chi connectivity index (χ1v) is 10.9. The van der Waals surface area contributed by atoms with E-state index in [1.165, 1.54) is 4.88 Å². The lowest BCUT2D eigenvalue weighted by molar-refractivity contribution is 0.383. The monoisotopic (exact) mass is 388 g/mol. The molecule has 1 aromatic carbocycles. The van der Waals surface area contributed by atoms with E-state index < -0.39 is 10.0 Å². The molecule has 0 radical (unpaired) electrons. The van der Waals surface area contributed by atoms with Crippen molar-refractivity contribution in [2.45, 2.75) is 12.7 Å². The largest absolute Gasteiger partial charge is 0.353 e. The third-order valence-electron chi connectivity index (χ3n) is 4.56. The van der Waals surface area contributed by atoms with Gasteiger partial charge in [0.25, 0.3) is 0 Å². The van der Waals surface area contributed by atoms with Crippen molar-refractivity contribution in [2.75, 3.05) is 31.1 Å². The lowest BCUT2D eigenvalue weighted by atomic mass is 10.2. The van der Waals surface area contributed by atoms with Gasteiger partial charge in [0, 0.05) is 31.1 Å². The van der Waals surface area contributed by atoms with Crippen molar-refractivity contribution in [1.29, 1.82) is 0 Å². The maximum atomic E-state index is 12.7. The van der Waals surface area contributed by atoms with Crippen molar-refractivity contribution < 1.29 is 8.42 Å². The second kappa shape index (κ2) is 6.94. The standard InChI is InChI=1S/C18H20N4O2S2/c1-14-11-16-17(19-13-20-18(16)25-14)21-7-9-22(10-8-21)26(23,24)12-15-5-3-2-4-6-15/h2-6,11,13H,7-10,12H2,1H3. The van der Waals surface area contributed by atoms with Gasteiger partial charge in [0.05, 0.1) is 11.1 Å². The number of nitrogens with zero attached hydrogens (tertiary/aromatic N) is 4. The van der Waals surface area contributed by atoms with Crippen molar-refractivity contribution in [3.05, 3.63) is 53.2 Å². The fourth-order valence-corrected chi connectivity index (χ4v) is 5.63. The maximum absolute atomic E-state index is 12.7. The smallest absolute Gasteiger partial charge is 0.218 e. The molecule has 1 aliphatic rings. The van der Waals surface area contributed by atoms with Gasteiger partial charge >= 0.3 is 0 Å². The normalized spacial score (nSPS) is 16.3. The predicted molar refractivity (Wildman–Crippen MR) is 105 cm³/mol. The number of thiophene rings is 1. The van der Waals surface area contributed by atoms with Gasteiger partial charge in [-0.15, -0.1) is 11.3 Å². The molecule has 6 nitrogen and oxygen atoms in total. The first kappa shape index (κ1) is 17.4. The zero-order chi connectivity index (χ0) is 18.1. The molecule has 136 valence electrons. The van der Waals surface area contributed by atoms with E-state index in [4.69, 9.17) is 0 Å². The molecule has 3 heterocycles. The zero-order valence-corrected chi connectivity index (χ0v) is 16.1. The summed E-state index contributed by atoms with van der Waals surface area (Å²) in [5.74, 6) is 0.953. The van der Waals surface area contributed by atoms with E-state index in [1.54, 1.807) is 22.0 Å². The Labute approximate surface area is 157 Å². The Hall–Kier alpha value is -2.03. The number of fused-ring (bicyclic) bond motifs is 1. The fourth-order valence-electron chi connectivity index (χ4n) is 3.27. The Balaban J connectivity index is 1.48. The van der Waals surface area contributed by atoms with Crippen LogP contribution in [-0.4, -0.2) is 48.9 Å². The highest BCUT2D eigenvalue weighted by Crippen LogP contribution is 2.30.